The van der Waals surface area contributed by atoms with Crippen LogP contribution in [0.5, 0.6) is 0 Å². The highest BCUT2D eigenvalue weighted by atomic mass is 35.7. The molecule has 13 heavy (non-hydrogen) atoms. The van der Waals surface area contributed by atoms with Crippen molar-refractivity contribution in [2.75, 3.05) is 6.16 Å². The number of nitriles is 1. The molecular weight excluding hydrogens is 205 g/mol. The number of nitrogens with zero attached hydrogens (tertiary/aromatic N) is 1. The molecule has 1 aromatic carbocycles. The van der Waals surface area contributed by atoms with Crippen LogP contribution in [0.2, 0.25) is 0 Å². The van der Waals surface area contributed by atoms with Gasteiger partial charge in [-0.2, -0.15) is 5.26 Å². The van der Waals surface area contributed by atoms with E-state index in [0.29, 0.717) is 5.30 Å². The van der Waals surface area contributed by atoms with E-state index in [0.717, 1.165) is 0 Å². The maximum atomic E-state index is 11.8. The topological polar surface area (TPSA) is 40.9 Å². The van der Waals surface area contributed by atoms with Gasteiger partial charge in [0.2, 0.25) is 0 Å². The summed E-state index contributed by atoms with van der Waals surface area (Å²) in [6, 6.07) is 10.8. The van der Waals surface area contributed by atoms with E-state index in [9.17, 15) is 4.57 Å². The zero-order valence-electron chi connectivity index (χ0n) is 6.98. The molecule has 0 amide bonds. The van der Waals surface area contributed by atoms with Crippen molar-refractivity contribution in [2.24, 2.45) is 0 Å². The van der Waals surface area contributed by atoms with Crippen LogP contribution in [-0.2, 0) is 4.57 Å². The molecule has 2 nitrogen and oxygen atoms in total. The van der Waals surface area contributed by atoms with E-state index >= 15 is 0 Å². The highest BCUT2D eigenvalue weighted by Crippen LogP contribution is 2.50. The molecule has 0 fully saturated rings. The van der Waals surface area contributed by atoms with Gasteiger partial charge in [0.1, 0.15) is 0 Å². The van der Waals surface area contributed by atoms with Crippen LogP contribution in [-0.4, -0.2) is 6.16 Å². The summed E-state index contributed by atoms with van der Waals surface area (Å²) < 4.78 is 11.8. The van der Waals surface area contributed by atoms with E-state index in [1.54, 1.807) is 24.3 Å². The molecule has 0 aliphatic carbocycles. The zero-order valence-corrected chi connectivity index (χ0v) is 8.63. The first-order valence-electron chi connectivity index (χ1n) is 3.88. The minimum absolute atomic E-state index is 0.232. The average molecular weight is 214 g/mol. The van der Waals surface area contributed by atoms with Crippen LogP contribution in [0.1, 0.15) is 6.42 Å². The van der Waals surface area contributed by atoms with Crippen LogP contribution in [0.3, 0.4) is 0 Å². The van der Waals surface area contributed by atoms with E-state index in [1.807, 2.05) is 12.1 Å². The lowest BCUT2D eigenvalue weighted by Gasteiger charge is -2.07. The van der Waals surface area contributed by atoms with Gasteiger partial charge in [-0.1, -0.05) is 30.3 Å². The quantitative estimate of drug-likeness (QED) is 0.725. The molecule has 0 aliphatic heterocycles. The van der Waals surface area contributed by atoms with Crippen molar-refractivity contribution in [1.29, 1.82) is 5.26 Å². The Labute approximate surface area is 82.3 Å². The van der Waals surface area contributed by atoms with Crippen LogP contribution < -0.4 is 5.30 Å². The van der Waals surface area contributed by atoms with Gasteiger partial charge in [0.25, 0.3) is 0 Å². The molecule has 0 saturated heterocycles. The summed E-state index contributed by atoms with van der Waals surface area (Å²) in [5.74, 6) is 0. The fourth-order valence-electron chi connectivity index (χ4n) is 0.974. The highest BCUT2D eigenvalue weighted by Gasteiger charge is 2.19. The van der Waals surface area contributed by atoms with Gasteiger partial charge in [0.05, 0.1) is 6.07 Å². The molecule has 1 aromatic rings. The highest BCUT2D eigenvalue weighted by molar-refractivity contribution is 7.95. The molecule has 0 saturated carbocycles. The van der Waals surface area contributed by atoms with E-state index in [-0.39, 0.29) is 12.6 Å². The van der Waals surface area contributed by atoms with E-state index < -0.39 is 6.49 Å². The lowest BCUT2D eigenvalue weighted by molar-refractivity contribution is 0.590. The number of benzene rings is 1. The Bertz CT molecular complexity index is 358. The van der Waals surface area contributed by atoms with Crippen molar-refractivity contribution in [3.63, 3.8) is 0 Å². The minimum atomic E-state index is -2.81. The summed E-state index contributed by atoms with van der Waals surface area (Å²) >= 11 is 5.84. The molecule has 1 atom stereocenters. The maximum absolute atomic E-state index is 11.8. The van der Waals surface area contributed by atoms with Crippen LogP contribution in [0.15, 0.2) is 30.3 Å². The Kier molecular flexibility index (Phi) is 3.54. The van der Waals surface area contributed by atoms with Crippen LogP contribution in [0.25, 0.3) is 0 Å². The van der Waals surface area contributed by atoms with E-state index in [1.165, 1.54) is 0 Å². The second-order valence-corrected chi connectivity index (χ2v) is 6.52. The molecule has 0 N–H and O–H groups in total. The summed E-state index contributed by atoms with van der Waals surface area (Å²) in [4.78, 5) is 0. The predicted octanol–water partition coefficient (Wildman–Crippen LogP) is 2.74. The van der Waals surface area contributed by atoms with Crippen LogP contribution in [0.4, 0.5) is 0 Å². The largest absolute Gasteiger partial charge is 0.302 e. The van der Waals surface area contributed by atoms with Crippen molar-refractivity contribution < 1.29 is 4.57 Å². The molecule has 0 heterocycles. The zero-order chi connectivity index (χ0) is 9.73. The summed E-state index contributed by atoms with van der Waals surface area (Å²) in [6.45, 7) is -2.81. The normalized spacial score (nSPS) is 14.5. The molecule has 1 rings (SSSR count). The Balaban J connectivity index is 2.83. The third-order valence-electron chi connectivity index (χ3n) is 1.65. The van der Waals surface area contributed by atoms with Gasteiger partial charge in [-0.05, 0) is 11.2 Å². The van der Waals surface area contributed by atoms with Gasteiger partial charge < -0.3 is 4.57 Å². The Morgan fingerprint density at radius 1 is 1.38 bits per heavy atom. The summed E-state index contributed by atoms with van der Waals surface area (Å²) in [5, 5.41) is 8.98. The van der Waals surface area contributed by atoms with Gasteiger partial charge in [-0.15, -0.1) is 0 Å². The van der Waals surface area contributed by atoms with Gasteiger partial charge in [0.15, 0.2) is 6.49 Å². The Morgan fingerprint density at radius 3 is 2.54 bits per heavy atom. The second-order valence-electron chi connectivity index (χ2n) is 2.62. The van der Waals surface area contributed by atoms with Crippen molar-refractivity contribution in [3.05, 3.63) is 30.3 Å². The molecule has 0 aromatic heterocycles. The maximum Gasteiger partial charge on any atom is 0.198 e. The molecule has 4 heteroatoms. The Morgan fingerprint density at radius 2 is 2.00 bits per heavy atom. The van der Waals surface area contributed by atoms with Crippen LogP contribution >= 0.6 is 17.7 Å². The number of rotatable bonds is 3. The molecule has 0 bridgehead atoms. The molecule has 0 aliphatic rings. The fourth-order valence-corrected chi connectivity index (χ4v) is 2.83. The van der Waals surface area contributed by atoms with Gasteiger partial charge in [-0.25, -0.2) is 0 Å². The number of hydrogen-bond acceptors (Lipinski definition) is 2. The molecule has 68 valence electrons. The summed E-state index contributed by atoms with van der Waals surface area (Å²) in [7, 11) is 0. The molecule has 1 unspecified atom stereocenters. The minimum Gasteiger partial charge on any atom is -0.302 e. The number of hydrogen-bond donors (Lipinski definition) is 0. The lowest BCUT2D eigenvalue weighted by Crippen LogP contribution is -2.02. The number of halogens is 1. The fraction of sp³-hybridized carbons (Fsp3) is 0.222. The standard InChI is InChI=1S/C9H9ClNOP/c10-13(12,8-4-7-11)9-5-2-1-3-6-9/h1-3,5-6H,4,8H2. The summed E-state index contributed by atoms with van der Waals surface area (Å²) in [5.41, 5.74) is 0. The average Bonchev–Trinajstić information content (AvgIpc) is 2.16. The first kappa shape index (κ1) is 10.3. The van der Waals surface area contributed by atoms with Gasteiger partial charge >= 0.3 is 0 Å². The second kappa shape index (κ2) is 4.46. The monoisotopic (exact) mass is 213 g/mol. The Hall–Kier alpha value is -0.770. The molecule has 0 spiro atoms. The first-order chi connectivity index (χ1) is 6.17. The van der Waals surface area contributed by atoms with Crippen LogP contribution in [0, 0.1) is 11.3 Å². The van der Waals surface area contributed by atoms with E-state index in [4.69, 9.17) is 16.5 Å². The third kappa shape index (κ3) is 2.88. The van der Waals surface area contributed by atoms with E-state index in [2.05, 4.69) is 0 Å². The SMILES string of the molecule is N#CCCP(=O)(Cl)c1ccccc1. The van der Waals surface area contributed by atoms with Gasteiger partial charge in [0, 0.05) is 17.9 Å². The van der Waals surface area contributed by atoms with Gasteiger partial charge in [-0.3, -0.25) is 0 Å². The molecular formula is C9H9ClNOP. The first-order valence-corrected chi connectivity index (χ1v) is 6.68. The van der Waals surface area contributed by atoms with Crippen molar-refractivity contribution in [3.8, 4) is 6.07 Å². The van der Waals surface area contributed by atoms with Crippen molar-refractivity contribution in [1.82, 2.24) is 0 Å². The smallest absolute Gasteiger partial charge is 0.198 e. The summed E-state index contributed by atoms with van der Waals surface area (Å²) in [6.07, 6.45) is 0.477. The van der Waals surface area contributed by atoms with Crippen molar-refractivity contribution in [2.45, 2.75) is 6.42 Å². The lowest BCUT2D eigenvalue weighted by atomic mass is 10.4. The third-order valence-corrected chi connectivity index (χ3v) is 4.61. The molecule has 0 radical (unpaired) electrons. The predicted molar refractivity (Wildman–Crippen MR) is 54.6 cm³/mol. The van der Waals surface area contributed by atoms with Crippen molar-refractivity contribution >= 4 is 23.0 Å².